The maximum Gasteiger partial charge on any atom is 0.416 e. The summed E-state index contributed by atoms with van der Waals surface area (Å²) >= 11 is 0. The number of hydrogen-bond acceptors (Lipinski definition) is 4. The Labute approximate surface area is 213 Å². The van der Waals surface area contributed by atoms with E-state index in [9.17, 15) is 31.9 Å². The summed E-state index contributed by atoms with van der Waals surface area (Å²) in [5, 5.41) is 0. The monoisotopic (exact) mass is 527 g/mol. The summed E-state index contributed by atoms with van der Waals surface area (Å²) in [5.41, 5.74) is 4.42. The number of aromatic nitrogens is 2. The van der Waals surface area contributed by atoms with Crippen LogP contribution in [0.5, 0.6) is 5.75 Å². The van der Waals surface area contributed by atoms with Crippen molar-refractivity contribution in [2.24, 2.45) is 5.73 Å². The molecule has 1 heterocycles. The lowest BCUT2D eigenvalue weighted by molar-refractivity contribution is -0.137. The quantitative estimate of drug-likeness (QED) is 0.351. The molecule has 38 heavy (non-hydrogen) atoms. The van der Waals surface area contributed by atoms with Gasteiger partial charge in [-0.15, -0.1) is 0 Å². The molecule has 0 saturated carbocycles. The van der Waals surface area contributed by atoms with Crippen molar-refractivity contribution in [1.29, 1.82) is 0 Å². The number of benzene rings is 3. The van der Waals surface area contributed by atoms with Crippen molar-refractivity contribution >= 4 is 5.91 Å². The van der Waals surface area contributed by atoms with Gasteiger partial charge < -0.3 is 10.5 Å². The van der Waals surface area contributed by atoms with E-state index in [-0.39, 0.29) is 25.3 Å². The second-order valence-electron chi connectivity index (χ2n) is 8.47. The van der Waals surface area contributed by atoms with Crippen LogP contribution >= 0.6 is 0 Å². The Morgan fingerprint density at radius 3 is 1.95 bits per heavy atom. The topological polar surface area (TPSA) is 96.3 Å². The molecule has 0 bridgehead atoms. The van der Waals surface area contributed by atoms with Crippen LogP contribution in [0.15, 0.2) is 88.6 Å². The Morgan fingerprint density at radius 2 is 1.37 bits per heavy atom. The predicted molar refractivity (Wildman–Crippen MR) is 130 cm³/mol. The number of rotatable bonds is 8. The van der Waals surface area contributed by atoms with E-state index in [2.05, 4.69) is 0 Å². The Morgan fingerprint density at radius 1 is 0.816 bits per heavy atom. The number of carbonyl (C=O) groups is 1. The number of halogens is 4. The molecule has 0 atom stereocenters. The van der Waals surface area contributed by atoms with E-state index in [1.807, 2.05) is 0 Å². The van der Waals surface area contributed by atoms with Crippen LogP contribution in [0.4, 0.5) is 17.6 Å². The molecule has 4 aromatic rings. The summed E-state index contributed by atoms with van der Waals surface area (Å²) in [6, 6.07) is 17.2. The van der Waals surface area contributed by atoms with Gasteiger partial charge in [-0.1, -0.05) is 36.4 Å². The zero-order valence-electron chi connectivity index (χ0n) is 19.7. The average Bonchev–Trinajstić information content (AvgIpc) is 2.89. The van der Waals surface area contributed by atoms with Crippen molar-refractivity contribution in [1.82, 2.24) is 9.13 Å². The van der Waals surface area contributed by atoms with Crippen LogP contribution in [0.1, 0.15) is 32.6 Å². The van der Waals surface area contributed by atoms with Gasteiger partial charge in [0.15, 0.2) is 0 Å². The first kappa shape index (κ1) is 26.4. The van der Waals surface area contributed by atoms with Crippen molar-refractivity contribution < 1.29 is 27.1 Å². The molecule has 3 aromatic carbocycles. The Balaban J connectivity index is 1.46. The summed E-state index contributed by atoms with van der Waals surface area (Å²) in [4.78, 5) is 36.3. The highest BCUT2D eigenvalue weighted by Gasteiger charge is 2.30. The molecule has 0 aliphatic carbocycles. The fourth-order valence-electron chi connectivity index (χ4n) is 3.67. The first-order valence-corrected chi connectivity index (χ1v) is 11.3. The van der Waals surface area contributed by atoms with E-state index >= 15 is 0 Å². The highest BCUT2D eigenvalue weighted by Crippen LogP contribution is 2.29. The van der Waals surface area contributed by atoms with Crippen molar-refractivity contribution in [3.05, 3.63) is 133 Å². The van der Waals surface area contributed by atoms with Gasteiger partial charge in [0.25, 0.3) is 5.56 Å². The smallest absolute Gasteiger partial charge is 0.416 e. The van der Waals surface area contributed by atoms with Gasteiger partial charge in [-0.25, -0.2) is 4.79 Å². The average molecular weight is 527 g/mol. The molecule has 0 spiro atoms. The van der Waals surface area contributed by atoms with Gasteiger partial charge in [-0.3, -0.25) is 18.7 Å². The molecular weight excluding hydrogens is 506 g/mol. The minimum absolute atomic E-state index is 0.0576. The van der Waals surface area contributed by atoms with Crippen molar-refractivity contribution in [3.63, 3.8) is 0 Å². The Kier molecular flexibility index (Phi) is 7.47. The van der Waals surface area contributed by atoms with Crippen LogP contribution in [0, 0.1) is 5.82 Å². The van der Waals surface area contributed by atoms with Gasteiger partial charge in [0.05, 0.1) is 24.8 Å². The third kappa shape index (κ3) is 6.17. The molecule has 0 aliphatic rings. The largest absolute Gasteiger partial charge is 0.489 e. The van der Waals surface area contributed by atoms with Crippen LogP contribution in [-0.4, -0.2) is 15.0 Å². The number of nitrogens with two attached hydrogens (primary N) is 1. The number of carbonyl (C=O) groups excluding carboxylic acids is 1. The lowest BCUT2D eigenvalue weighted by Gasteiger charge is -2.12. The van der Waals surface area contributed by atoms with Gasteiger partial charge in [0, 0.05) is 5.56 Å². The Bertz CT molecular complexity index is 1560. The molecule has 0 aliphatic heterocycles. The molecule has 2 N–H and O–H groups in total. The third-order valence-corrected chi connectivity index (χ3v) is 5.74. The van der Waals surface area contributed by atoms with E-state index in [4.69, 9.17) is 10.5 Å². The maximum absolute atomic E-state index is 14.4. The summed E-state index contributed by atoms with van der Waals surface area (Å²) < 4.78 is 60.1. The second-order valence-corrected chi connectivity index (χ2v) is 8.47. The number of primary amides is 1. The first-order valence-electron chi connectivity index (χ1n) is 11.3. The minimum Gasteiger partial charge on any atom is -0.489 e. The summed E-state index contributed by atoms with van der Waals surface area (Å²) in [6.45, 7) is -0.212. The summed E-state index contributed by atoms with van der Waals surface area (Å²) in [6.07, 6.45) is -3.73. The number of alkyl halides is 3. The van der Waals surface area contributed by atoms with Gasteiger partial charge in [0.1, 0.15) is 12.4 Å². The lowest BCUT2D eigenvalue weighted by Crippen LogP contribution is -2.41. The molecule has 0 saturated heterocycles. The van der Waals surface area contributed by atoms with E-state index in [0.717, 1.165) is 40.6 Å². The van der Waals surface area contributed by atoms with Crippen molar-refractivity contribution in [2.75, 3.05) is 0 Å². The van der Waals surface area contributed by atoms with Crippen LogP contribution in [-0.2, 0) is 25.9 Å². The van der Waals surface area contributed by atoms with E-state index < -0.39 is 34.7 Å². The number of nitrogens with zero attached hydrogens (tertiary/aromatic N) is 2. The second kappa shape index (κ2) is 10.8. The predicted octanol–water partition coefficient (Wildman–Crippen LogP) is 3.94. The van der Waals surface area contributed by atoms with Gasteiger partial charge in [-0.05, 0) is 53.1 Å². The fraction of sp³-hybridized carbons (Fsp3) is 0.148. The number of hydrogen-bond donors (Lipinski definition) is 1. The van der Waals surface area contributed by atoms with Crippen LogP contribution < -0.4 is 21.7 Å². The zero-order chi connectivity index (χ0) is 27.4. The highest BCUT2D eigenvalue weighted by atomic mass is 19.4. The molecule has 7 nitrogen and oxygen atoms in total. The molecular formula is C27H21F4N3O4. The van der Waals surface area contributed by atoms with Crippen LogP contribution in [0.3, 0.4) is 0 Å². The Hall–Kier alpha value is -4.67. The van der Waals surface area contributed by atoms with E-state index in [0.29, 0.717) is 21.4 Å². The van der Waals surface area contributed by atoms with Crippen LogP contribution in [0.25, 0.3) is 0 Å². The molecule has 1 aromatic heterocycles. The summed E-state index contributed by atoms with van der Waals surface area (Å²) in [5.74, 6) is -1.17. The molecule has 0 fully saturated rings. The fourth-order valence-corrected chi connectivity index (χ4v) is 3.67. The standard InChI is InChI=1S/C27H21F4N3O4/c28-23-15-33(26(37)34(25(23)36)14-18-3-9-21(10-4-18)27(29,30)31)13-17-5-11-22(12-6-17)38-16-19-1-7-20(8-2-19)24(32)35/h1-12,15H,13-14,16H2,(H2,32,35). The molecule has 4 rings (SSSR count). The van der Waals surface area contributed by atoms with Crippen LogP contribution in [0.2, 0.25) is 0 Å². The number of amides is 1. The minimum atomic E-state index is -4.53. The van der Waals surface area contributed by atoms with Gasteiger partial charge in [-0.2, -0.15) is 17.6 Å². The van der Waals surface area contributed by atoms with Gasteiger partial charge in [0.2, 0.25) is 11.7 Å². The summed E-state index contributed by atoms with van der Waals surface area (Å²) in [7, 11) is 0. The zero-order valence-corrected chi connectivity index (χ0v) is 19.7. The van der Waals surface area contributed by atoms with Crippen molar-refractivity contribution in [2.45, 2.75) is 25.9 Å². The first-order chi connectivity index (χ1) is 18.0. The van der Waals surface area contributed by atoms with E-state index in [1.54, 1.807) is 48.5 Å². The third-order valence-electron chi connectivity index (χ3n) is 5.74. The molecule has 196 valence electrons. The molecule has 0 radical (unpaired) electrons. The highest BCUT2D eigenvalue weighted by molar-refractivity contribution is 5.92. The lowest BCUT2D eigenvalue weighted by atomic mass is 10.1. The van der Waals surface area contributed by atoms with Crippen molar-refractivity contribution in [3.8, 4) is 5.75 Å². The number of ether oxygens (including phenoxy) is 1. The normalized spacial score (nSPS) is 11.4. The van der Waals surface area contributed by atoms with Gasteiger partial charge >= 0.3 is 11.9 Å². The molecule has 1 amide bonds. The molecule has 0 unspecified atom stereocenters. The maximum atomic E-state index is 14.4. The SMILES string of the molecule is NC(=O)c1ccc(COc2ccc(Cn3cc(F)c(=O)n(Cc4ccc(C(F)(F)F)cc4)c3=O)cc2)cc1. The van der Waals surface area contributed by atoms with E-state index in [1.165, 1.54) is 0 Å². The molecule has 11 heteroatoms.